The summed E-state index contributed by atoms with van der Waals surface area (Å²) in [5.74, 6) is -0.576. The number of esters is 2. The van der Waals surface area contributed by atoms with Gasteiger partial charge < -0.3 is 9.47 Å². The van der Waals surface area contributed by atoms with Crippen molar-refractivity contribution >= 4 is 11.9 Å². The van der Waals surface area contributed by atoms with Crippen molar-refractivity contribution in [2.75, 3.05) is 6.61 Å². The minimum absolute atomic E-state index is 0.334. The maximum Gasteiger partial charge on any atom is 0.352 e. The minimum atomic E-state index is -0.981. The van der Waals surface area contributed by atoms with Crippen LogP contribution in [0.2, 0.25) is 0 Å². The van der Waals surface area contributed by atoms with E-state index in [0.29, 0.717) is 18.1 Å². The Labute approximate surface area is 113 Å². The van der Waals surface area contributed by atoms with Crippen LogP contribution in [0.3, 0.4) is 0 Å². The predicted molar refractivity (Wildman–Crippen MR) is 71.4 cm³/mol. The number of rotatable bonds is 6. The van der Waals surface area contributed by atoms with Gasteiger partial charge in [0.15, 0.2) is 0 Å². The summed E-state index contributed by atoms with van der Waals surface area (Å²) in [6, 6.07) is 8.87. The van der Waals surface area contributed by atoms with Gasteiger partial charge in [-0.25, -0.2) is 4.79 Å². The Bertz CT molecular complexity index is 411. The van der Waals surface area contributed by atoms with Gasteiger partial charge in [0.05, 0.1) is 6.61 Å². The molecule has 0 N–H and O–H groups in total. The van der Waals surface area contributed by atoms with E-state index in [2.05, 4.69) is 13.8 Å². The fourth-order valence-corrected chi connectivity index (χ4v) is 1.52. The molecule has 1 aromatic rings. The zero-order valence-corrected chi connectivity index (χ0v) is 11.6. The molecule has 0 aliphatic heterocycles. The molecule has 4 heteroatoms. The second kappa shape index (κ2) is 7.56. The van der Waals surface area contributed by atoms with E-state index in [1.165, 1.54) is 6.92 Å². The lowest BCUT2D eigenvalue weighted by Gasteiger charge is -2.16. The first kappa shape index (κ1) is 15.2. The van der Waals surface area contributed by atoms with E-state index < -0.39 is 18.0 Å². The van der Waals surface area contributed by atoms with Gasteiger partial charge in [0.2, 0.25) is 6.10 Å². The molecule has 19 heavy (non-hydrogen) atoms. The highest BCUT2D eigenvalue weighted by molar-refractivity contribution is 5.80. The Kier molecular flexibility index (Phi) is 6.06. The zero-order valence-electron chi connectivity index (χ0n) is 11.6. The van der Waals surface area contributed by atoms with Crippen molar-refractivity contribution < 1.29 is 19.1 Å². The minimum Gasteiger partial charge on any atom is -0.463 e. The fourth-order valence-electron chi connectivity index (χ4n) is 1.52. The molecule has 0 heterocycles. The smallest absolute Gasteiger partial charge is 0.352 e. The molecule has 1 aromatic carbocycles. The first-order valence-corrected chi connectivity index (χ1v) is 6.39. The molecule has 104 valence electrons. The molecule has 0 fully saturated rings. The second-order valence-corrected chi connectivity index (χ2v) is 4.75. The topological polar surface area (TPSA) is 52.6 Å². The van der Waals surface area contributed by atoms with Crippen LogP contribution in [0.15, 0.2) is 30.3 Å². The van der Waals surface area contributed by atoms with Gasteiger partial charge in [0.1, 0.15) is 0 Å². The van der Waals surface area contributed by atoms with E-state index >= 15 is 0 Å². The van der Waals surface area contributed by atoms with Crippen LogP contribution in [-0.2, 0) is 19.1 Å². The van der Waals surface area contributed by atoms with Crippen molar-refractivity contribution in [1.29, 1.82) is 0 Å². The summed E-state index contributed by atoms with van der Waals surface area (Å²) in [6.45, 7) is 5.71. The molecule has 0 spiro atoms. The quantitative estimate of drug-likeness (QED) is 0.741. The Morgan fingerprint density at radius 3 is 2.32 bits per heavy atom. The normalized spacial score (nSPS) is 12.0. The third-order valence-corrected chi connectivity index (χ3v) is 2.54. The largest absolute Gasteiger partial charge is 0.463 e. The summed E-state index contributed by atoms with van der Waals surface area (Å²) in [7, 11) is 0. The molecule has 1 rings (SSSR count). The van der Waals surface area contributed by atoms with Gasteiger partial charge in [-0.05, 0) is 12.3 Å². The number of benzene rings is 1. The van der Waals surface area contributed by atoms with Crippen LogP contribution in [0.1, 0.15) is 38.9 Å². The highest BCUT2D eigenvalue weighted by atomic mass is 16.6. The van der Waals surface area contributed by atoms with Crippen LogP contribution in [0.25, 0.3) is 0 Å². The van der Waals surface area contributed by atoms with E-state index in [1.807, 2.05) is 6.07 Å². The van der Waals surface area contributed by atoms with E-state index in [4.69, 9.17) is 9.47 Å². The average molecular weight is 264 g/mol. The average Bonchev–Trinajstić information content (AvgIpc) is 2.36. The molecule has 0 aliphatic rings. The fraction of sp³-hybridized carbons (Fsp3) is 0.467. The molecule has 0 aliphatic carbocycles. The van der Waals surface area contributed by atoms with Gasteiger partial charge in [0, 0.05) is 12.5 Å². The van der Waals surface area contributed by atoms with Crippen molar-refractivity contribution in [2.24, 2.45) is 5.92 Å². The van der Waals surface area contributed by atoms with Crippen LogP contribution >= 0.6 is 0 Å². The van der Waals surface area contributed by atoms with Crippen molar-refractivity contribution in [1.82, 2.24) is 0 Å². The van der Waals surface area contributed by atoms with Crippen molar-refractivity contribution in [3.8, 4) is 0 Å². The number of hydrogen-bond donors (Lipinski definition) is 0. The molecule has 0 radical (unpaired) electrons. The maximum absolute atomic E-state index is 12.0. The zero-order chi connectivity index (χ0) is 14.3. The number of ether oxygens (including phenoxy) is 2. The Balaban J connectivity index is 2.69. The summed E-state index contributed by atoms with van der Waals surface area (Å²) in [5, 5.41) is 0. The molecule has 0 saturated carbocycles. The van der Waals surface area contributed by atoms with Gasteiger partial charge in [-0.1, -0.05) is 44.2 Å². The van der Waals surface area contributed by atoms with Crippen LogP contribution in [0.5, 0.6) is 0 Å². The summed E-state index contributed by atoms with van der Waals surface area (Å²) >= 11 is 0. The Morgan fingerprint density at radius 1 is 1.16 bits per heavy atom. The number of hydrogen-bond acceptors (Lipinski definition) is 4. The van der Waals surface area contributed by atoms with Crippen LogP contribution in [0, 0.1) is 5.92 Å². The second-order valence-electron chi connectivity index (χ2n) is 4.75. The molecule has 0 bridgehead atoms. The van der Waals surface area contributed by atoms with Crippen molar-refractivity contribution in [3.63, 3.8) is 0 Å². The molecular weight excluding hydrogens is 244 g/mol. The standard InChI is InChI=1S/C15H20O4/c1-11(2)9-10-18-15(17)14(19-12(3)16)13-7-5-4-6-8-13/h4-8,11,14H,9-10H2,1-3H3. The lowest BCUT2D eigenvalue weighted by Crippen LogP contribution is -2.21. The molecule has 4 nitrogen and oxygen atoms in total. The first-order chi connectivity index (χ1) is 9.00. The maximum atomic E-state index is 12.0. The van der Waals surface area contributed by atoms with Gasteiger partial charge in [-0.3, -0.25) is 4.79 Å². The molecule has 0 saturated heterocycles. The van der Waals surface area contributed by atoms with E-state index in [9.17, 15) is 9.59 Å². The summed E-state index contributed by atoms with van der Waals surface area (Å²) in [5.41, 5.74) is 0.618. The SMILES string of the molecule is CC(=O)OC(C(=O)OCCC(C)C)c1ccccc1. The van der Waals surface area contributed by atoms with Gasteiger partial charge in [-0.2, -0.15) is 0 Å². The molecular formula is C15H20O4. The van der Waals surface area contributed by atoms with Crippen molar-refractivity contribution in [3.05, 3.63) is 35.9 Å². The Morgan fingerprint density at radius 2 is 1.79 bits per heavy atom. The number of carbonyl (C=O) groups excluding carboxylic acids is 2. The van der Waals surface area contributed by atoms with E-state index in [1.54, 1.807) is 24.3 Å². The van der Waals surface area contributed by atoms with Crippen molar-refractivity contribution in [2.45, 2.75) is 33.3 Å². The predicted octanol–water partition coefficient (Wildman–Crippen LogP) is 2.88. The number of carbonyl (C=O) groups is 2. The van der Waals surface area contributed by atoms with Crippen LogP contribution in [0.4, 0.5) is 0 Å². The van der Waals surface area contributed by atoms with Gasteiger partial charge in [-0.15, -0.1) is 0 Å². The lowest BCUT2D eigenvalue weighted by molar-refractivity contribution is -0.167. The summed E-state index contributed by atoms with van der Waals surface area (Å²) in [6.07, 6.45) is -0.196. The first-order valence-electron chi connectivity index (χ1n) is 6.39. The molecule has 0 aromatic heterocycles. The molecule has 0 amide bonds. The highest BCUT2D eigenvalue weighted by Gasteiger charge is 2.25. The van der Waals surface area contributed by atoms with Gasteiger partial charge >= 0.3 is 11.9 Å². The molecule has 1 unspecified atom stereocenters. The van der Waals surface area contributed by atoms with E-state index in [0.717, 1.165) is 6.42 Å². The third kappa shape index (κ3) is 5.55. The summed E-state index contributed by atoms with van der Waals surface area (Å²) < 4.78 is 10.2. The Hall–Kier alpha value is -1.84. The lowest BCUT2D eigenvalue weighted by atomic mass is 10.1. The monoisotopic (exact) mass is 264 g/mol. The summed E-state index contributed by atoms with van der Waals surface area (Å²) in [4.78, 5) is 23.0. The van der Waals surface area contributed by atoms with Crippen LogP contribution < -0.4 is 0 Å². The molecule has 1 atom stereocenters. The van der Waals surface area contributed by atoms with Gasteiger partial charge in [0.25, 0.3) is 0 Å². The van der Waals surface area contributed by atoms with Crippen LogP contribution in [-0.4, -0.2) is 18.5 Å². The highest BCUT2D eigenvalue weighted by Crippen LogP contribution is 2.19. The third-order valence-electron chi connectivity index (χ3n) is 2.54. The van der Waals surface area contributed by atoms with E-state index in [-0.39, 0.29) is 0 Å².